The molecule has 0 spiro atoms. The third-order valence-corrected chi connectivity index (χ3v) is 3.65. The first-order valence-electron chi connectivity index (χ1n) is 7.16. The van der Waals surface area contributed by atoms with E-state index in [0.29, 0.717) is 16.9 Å². The molecule has 6 heteroatoms. The van der Waals surface area contributed by atoms with E-state index in [2.05, 4.69) is 10.3 Å². The number of aryl methyl sites for hydroxylation is 1. The number of nitrogens with one attached hydrogen (secondary N) is 2. The second kappa shape index (κ2) is 7.10. The molecule has 5 nitrogen and oxygen atoms in total. The molecule has 0 aliphatic carbocycles. The summed E-state index contributed by atoms with van der Waals surface area (Å²) in [5, 5.41) is 12.1. The molecule has 2 aromatic carbocycles. The van der Waals surface area contributed by atoms with E-state index in [9.17, 15) is 4.79 Å². The Kier molecular flexibility index (Phi) is 5.16. The van der Waals surface area contributed by atoms with Crippen LogP contribution in [0.1, 0.15) is 21.5 Å². The first-order chi connectivity index (χ1) is 11.0. The highest BCUT2D eigenvalue weighted by atomic mass is 35.5. The molecule has 0 bridgehead atoms. The summed E-state index contributed by atoms with van der Waals surface area (Å²) in [7, 11) is 0. The third kappa shape index (κ3) is 3.52. The summed E-state index contributed by atoms with van der Waals surface area (Å²) in [6.07, 6.45) is 1.65. The lowest BCUT2D eigenvalue weighted by molar-refractivity contribution is 0.102. The van der Waals surface area contributed by atoms with Gasteiger partial charge in [-0.15, -0.1) is 12.4 Å². The van der Waals surface area contributed by atoms with Gasteiger partial charge in [-0.05, 0) is 47.5 Å². The minimum Gasteiger partial charge on any atom is -0.384 e. The summed E-state index contributed by atoms with van der Waals surface area (Å²) >= 11 is 0. The normalized spacial score (nSPS) is 10.0. The average Bonchev–Trinajstić information content (AvgIpc) is 2.55. The molecule has 0 saturated heterocycles. The molecule has 122 valence electrons. The molecule has 1 heterocycles. The Hall–Kier alpha value is -2.92. The molecule has 0 unspecified atom stereocenters. The van der Waals surface area contributed by atoms with Crippen LogP contribution in [0.5, 0.6) is 0 Å². The van der Waals surface area contributed by atoms with Crippen molar-refractivity contribution in [3.63, 3.8) is 0 Å². The Labute approximate surface area is 145 Å². The first kappa shape index (κ1) is 17.4. The number of hydrogen-bond donors (Lipinski definition) is 3. The second-order valence-electron chi connectivity index (χ2n) is 5.31. The molecule has 3 aromatic rings. The maximum Gasteiger partial charge on any atom is 0.256 e. The van der Waals surface area contributed by atoms with E-state index in [1.807, 2.05) is 43.3 Å². The highest BCUT2D eigenvalue weighted by molar-refractivity contribution is 6.07. The number of rotatable bonds is 3. The zero-order valence-corrected chi connectivity index (χ0v) is 13.9. The highest BCUT2D eigenvalue weighted by Crippen LogP contribution is 2.19. The zero-order valence-electron chi connectivity index (χ0n) is 13.0. The lowest BCUT2D eigenvalue weighted by atomic mass is 10.0. The standard InChI is InChI=1S/C18H16N4O.ClH/c1-11-3-2-8-21-17(11)22-18(23)15-7-5-12-9-14(16(19)20)6-4-13(12)10-15;/h2-10H,1H3,(H3,19,20)(H,21,22,23);1H. The Balaban J connectivity index is 0.00000208. The summed E-state index contributed by atoms with van der Waals surface area (Å²) in [6, 6.07) is 14.6. The number of hydrogen-bond acceptors (Lipinski definition) is 3. The Morgan fingerprint density at radius 1 is 1.08 bits per heavy atom. The topological polar surface area (TPSA) is 91.9 Å². The van der Waals surface area contributed by atoms with Gasteiger partial charge in [0.15, 0.2) is 0 Å². The van der Waals surface area contributed by atoms with Crippen molar-refractivity contribution in [2.24, 2.45) is 5.73 Å². The second-order valence-corrected chi connectivity index (χ2v) is 5.31. The van der Waals surface area contributed by atoms with Gasteiger partial charge >= 0.3 is 0 Å². The van der Waals surface area contributed by atoms with Gasteiger partial charge in [-0.3, -0.25) is 10.2 Å². The highest BCUT2D eigenvalue weighted by Gasteiger charge is 2.09. The van der Waals surface area contributed by atoms with Gasteiger partial charge in [0, 0.05) is 17.3 Å². The number of nitrogens with zero attached hydrogens (tertiary/aromatic N) is 1. The van der Waals surface area contributed by atoms with Crippen LogP contribution in [-0.2, 0) is 0 Å². The van der Waals surface area contributed by atoms with E-state index < -0.39 is 0 Å². The molecular formula is C18H17ClN4O. The van der Waals surface area contributed by atoms with Crippen molar-refractivity contribution < 1.29 is 4.79 Å². The predicted octanol–water partition coefficient (Wildman–Crippen LogP) is 3.50. The molecule has 0 aliphatic rings. The van der Waals surface area contributed by atoms with Crippen molar-refractivity contribution in [1.29, 1.82) is 5.41 Å². The smallest absolute Gasteiger partial charge is 0.256 e. The van der Waals surface area contributed by atoms with E-state index in [0.717, 1.165) is 16.3 Å². The molecule has 1 aromatic heterocycles. The number of amides is 1. The molecule has 24 heavy (non-hydrogen) atoms. The van der Waals surface area contributed by atoms with Crippen LogP contribution in [-0.4, -0.2) is 16.7 Å². The molecule has 4 N–H and O–H groups in total. The van der Waals surface area contributed by atoms with Gasteiger partial charge in [0.25, 0.3) is 5.91 Å². The first-order valence-corrected chi connectivity index (χ1v) is 7.16. The molecule has 0 aliphatic heterocycles. The number of nitrogens with two attached hydrogens (primary N) is 1. The molecule has 0 atom stereocenters. The number of fused-ring (bicyclic) bond motifs is 1. The minimum atomic E-state index is -0.204. The van der Waals surface area contributed by atoms with Gasteiger partial charge in [0.1, 0.15) is 11.7 Å². The number of carbonyl (C=O) groups excluding carboxylic acids is 1. The van der Waals surface area contributed by atoms with Crippen LogP contribution in [0, 0.1) is 12.3 Å². The van der Waals surface area contributed by atoms with E-state index in [1.54, 1.807) is 18.3 Å². The van der Waals surface area contributed by atoms with Crippen LogP contribution >= 0.6 is 12.4 Å². The van der Waals surface area contributed by atoms with Gasteiger partial charge in [-0.2, -0.15) is 0 Å². The number of benzene rings is 2. The van der Waals surface area contributed by atoms with Crippen molar-refractivity contribution in [3.8, 4) is 0 Å². The van der Waals surface area contributed by atoms with Gasteiger partial charge < -0.3 is 11.1 Å². The van der Waals surface area contributed by atoms with E-state index >= 15 is 0 Å². The maximum absolute atomic E-state index is 12.4. The SMILES string of the molecule is Cc1cccnc1NC(=O)c1ccc2cc(C(=N)N)ccc2c1.Cl. The number of carbonyl (C=O) groups is 1. The molecular weight excluding hydrogens is 324 g/mol. The summed E-state index contributed by atoms with van der Waals surface area (Å²) < 4.78 is 0. The Morgan fingerprint density at radius 3 is 2.33 bits per heavy atom. The van der Waals surface area contributed by atoms with Crippen LogP contribution < -0.4 is 11.1 Å². The van der Waals surface area contributed by atoms with Crippen LogP contribution in [0.15, 0.2) is 54.7 Å². The zero-order chi connectivity index (χ0) is 16.4. The Bertz CT molecular complexity index is 924. The van der Waals surface area contributed by atoms with Gasteiger partial charge in [0.2, 0.25) is 0 Å². The van der Waals surface area contributed by atoms with E-state index in [1.165, 1.54) is 0 Å². The molecule has 3 rings (SSSR count). The van der Waals surface area contributed by atoms with E-state index in [-0.39, 0.29) is 24.1 Å². The van der Waals surface area contributed by atoms with Crippen LogP contribution in [0.3, 0.4) is 0 Å². The average molecular weight is 341 g/mol. The largest absolute Gasteiger partial charge is 0.384 e. The maximum atomic E-state index is 12.4. The lowest BCUT2D eigenvalue weighted by Crippen LogP contribution is -2.14. The van der Waals surface area contributed by atoms with Gasteiger partial charge in [0.05, 0.1) is 0 Å². The molecule has 1 amide bonds. The van der Waals surface area contributed by atoms with Crippen LogP contribution in [0.4, 0.5) is 5.82 Å². The molecule has 0 fully saturated rings. The van der Waals surface area contributed by atoms with Crippen molar-refractivity contribution >= 4 is 40.7 Å². The number of halogens is 1. The number of aromatic nitrogens is 1. The van der Waals surface area contributed by atoms with Crippen LogP contribution in [0.25, 0.3) is 10.8 Å². The lowest BCUT2D eigenvalue weighted by Gasteiger charge is -2.08. The fourth-order valence-corrected chi connectivity index (χ4v) is 2.35. The van der Waals surface area contributed by atoms with E-state index in [4.69, 9.17) is 11.1 Å². The quantitative estimate of drug-likeness (QED) is 0.503. The number of nitrogen functional groups attached to an aromatic ring is 1. The van der Waals surface area contributed by atoms with Crippen LogP contribution in [0.2, 0.25) is 0 Å². The van der Waals surface area contributed by atoms with Gasteiger partial charge in [-0.1, -0.05) is 24.3 Å². The fraction of sp³-hybridized carbons (Fsp3) is 0.0556. The summed E-state index contributed by atoms with van der Waals surface area (Å²) in [4.78, 5) is 16.5. The third-order valence-electron chi connectivity index (χ3n) is 3.65. The predicted molar refractivity (Wildman–Crippen MR) is 99.1 cm³/mol. The molecule has 0 radical (unpaired) electrons. The van der Waals surface area contributed by atoms with Crippen molar-refractivity contribution in [2.75, 3.05) is 5.32 Å². The monoisotopic (exact) mass is 340 g/mol. The van der Waals surface area contributed by atoms with Crippen molar-refractivity contribution in [2.45, 2.75) is 6.92 Å². The number of pyridine rings is 1. The summed E-state index contributed by atoms with van der Waals surface area (Å²) in [5.41, 5.74) is 7.62. The van der Waals surface area contributed by atoms with Crippen molar-refractivity contribution in [3.05, 3.63) is 71.4 Å². The fourth-order valence-electron chi connectivity index (χ4n) is 2.35. The van der Waals surface area contributed by atoms with Gasteiger partial charge in [-0.25, -0.2) is 4.98 Å². The Morgan fingerprint density at radius 2 is 1.71 bits per heavy atom. The number of anilines is 1. The summed E-state index contributed by atoms with van der Waals surface area (Å²) in [5.74, 6) is 0.383. The molecule has 0 saturated carbocycles. The minimum absolute atomic E-state index is 0. The van der Waals surface area contributed by atoms with Crippen molar-refractivity contribution in [1.82, 2.24) is 4.98 Å². The summed E-state index contributed by atoms with van der Waals surface area (Å²) in [6.45, 7) is 1.90. The number of amidine groups is 1.